The number of nitrogens with two attached hydrogens (primary N) is 1. The van der Waals surface area contributed by atoms with Gasteiger partial charge in [-0.25, -0.2) is 0 Å². The first kappa shape index (κ1) is 14.1. The molecule has 0 radical (unpaired) electrons. The second kappa shape index (κ2) is 4.39. The van der Waals surface area contributed by atoms with E-state index in [9.17, 15) is 31.1 Å². The Bertz CT molecular complexity index is 465. The van der Waals surface area contributed by atoms with E-state index in [0.29, 0.717) is 12.1 Å². The summed E-state index contributed by atoms with van der Waals surface area (Å²) in [4.78, 5) is 10.6. The van der Waals surface area contributed by atoms with Gasteiger partial charge in [0.2, 0.25) is 0 Å². The van der Waals surface area contributed by atoms with E-state index in [1.807, 2.05) is 0 Å². The van der Waals surface area contributed by atoms with E-state index in [1.165, 1.54) is 0 Å². The van der Waals surface area contributed by atoms with Gasteiger partial charge in [-0.1, -0.05) is 0 Å². The van der Waals surface area contributed by atoms with Crippen LogP contribution in [0.2, 0.25) is 0 Å². The van der Waals surface area contributed by atoms with Crippen LogP contribution in [0.3, 0.4) is 0 Å². The molecule has 3 N–H and O–H groups in total. The molecule has 0 heterocycles. The summed E-state index contributed by atoms with van der Waals surface area (Å²) in [6.07, 6.45) is -10.2. The van der Waals surface area contributed by atoms with Gasteiger partial charge >= 0.3 is 18.3 Å². The zero-order valence-corrected chi connectivity index (χ0v) is 8.49. The van der Waals surface area contributed by atoms with E-state index in [4.69, 9.17) is 5.73 Å². The second-order valence-electron chi connectivity index (χ2n) is 3.25. The topological polar surface area (TPSA) is 55.1 Å². The number of amides is 1. The average molecular weight is 272 g/mol. The molecule has 1 aromatic carbocycles. The summed E-state index contributed by atoms with van der Waals surface area (Å²) in [5, 5.41) is 1.14. The zero-order valence-electron chi connectivity index (χ0n) is 8.49. The number of carbonyl (C=O) groups excluding carboxylic acids is 1. The molecule has 0 fully saturated rings. The Labute approximate surface area is 96.6 Å². The third-order valence-electron chi connectivity index (χ3n) is 1.85. The van der Waals surface area contributed by atoms with Crippen molar-refractivity contribution in [2.24, 2.45) is 0 Å². The van der Waals surface area contributed by atoms with Crippen LogP contribution in [0.25, 0.3) is 0 Å². The molecule has 0 atom stereocenters. The van der Waals surface area contributed by atoms with Gasteiger partial charge in [-0.05, 0) is 18.2 Å². The van der Waals surface area contributed by atoms with Crippen molar-refractivity contribution in [2.75, 3.05) is 11.1 Å². The number of anilines is 2. The summed E-state index contributed by atoms with van der Waals surface area (Å²) in [7, 11) is 0. The van der Waals surface area contributed by atoms with Gasteiger partial charge in [-0.3, -0.25) is 4.79 Å². The van der Waals surface area contributed by atoms with Gasteiger partial charge in [-0.2, -0.15) is 26.3 Å². The van der Waals surface area contributed by atoms with Gasteiger partial charge in [0.05, 0.1) is 11.3 Å². The lowest BCUT2D eigenvalue weighted by atomic mass is 10.1. The quantitative estimate of drug-likeness (QED) is 0.610. The average Bonchev–Trinajstić information content (AvgIpc) is 2.17. The number of halogens is 6. The molecule has 0 aromatic heterocycles. The molecule has 3 nitrogen and oxygen atoms in total. The number of rotatable bonds is 1. The molecule has 0 aliphatic carbocycles. The summed E-state index contributed by atoms with van der Waals surface area (Å²) in [6, 6.07) is 2.04. The molecule has 0 saturated carbocycles. The van der Waals surface area contributed by atoms with Gasteiger partial charge in [0.25, 0.3) is 0 Å². The van der Waals surface area contributed by atoms with Gasteiger partial charge < -0.3 is 11.1 Å². The highest BCUT2D eigenvalue weighted by molar-refractivity contribution is 5.95. The van der Waals surface area contributed by atoms with E-state index in [0.717, 1.165) is 11.4 Å². The van der Waals surface area contributed by atoms with Crippen molar-refractivity contribution in [2.45, 2.75) is 12.4 Å². The fraction of sp³-hybridized carbons (Fsp3) is 0.222. The molecule has 1 rings (SSSR count). The maximum Gasteiger partial charge on any atom is 0.471 e. The molecular weight excluding hydrogens is 266 g/mol. The molecule has 0 unspecified atom stereocenters. The molecule has 0 saturated heterocycles. The van der Waals surface area contributed by atoms with Crippen molar-refractivity contribution in [1.82, 2.24) is 0 Å². The first-order valence-electron chi connectivity index (χ1n) is 4.36. The van der Waals surface area contributed by atoms with E-state index >= 15 is 0 Å². The molecule has 0 aliphatic heterocycles. The minimum atomic E-state index is -5.27. The minimum Gasteiger partial charge on any atom is -0.399 e. The molecule has 100 valence electrons. The molecule has 1 aromatic rings. The smallest absolute Gasteiger partial charge is 0.399 e. The van der Waals surface area contributed by atoms with Crippen LogP contribution in [0.15, 0.2) is 18.2 Å². The van der Waals surface area contributed by atoms with Gasteiger partial charge in [0, 0.05) is 5.69 Å². The lowest BCUT2D eigenvalue weighted by Crippen LogP contribution is -2.30. The van der Waals surface area contributed by atoms with Crippen molar-refractivity contribution in [3.05, 3.63) is 23.8 Å². The van der Waals surface area contributed by atoms with Gasteiger partial charge in [-0.15, -0.1) is 0 Å². The maximum absolute atomic E-state index is 12.5. The Morgan fingerprint density at radius 1 is 1.11 bits per heavy atom. The molecule has 18 heavy (non-hydrogen) atoms. The van der Waals surface area contributed by atoms with Crippen LogP contribution in [0.1, 0.15) is 5.56 Å². The number of benzene rings is 1. The minimum absolute atomic E-state index is 0.285. The molecule has 0 spiro atoms. The van der Waals surface area contributed by atoms with Crippen molar-refractivity contribution in [3.8, 4) is 0 Å². The predicted octanol–water partition coefficient (Wildman–Crippen LogP) is 2.79. The SMILES string of the molecule is Nc1ccc(NC(=O)C(F)(F)F)c(C(F)(F)F)c1. The summed E-state index contributed by atoms with van der Waals surface area (Å²) in [5.74, 6) is -2.49. The lowest BCUT2D eigenvalue weighted by Gasteiger charge is -2.15. The number of nitrogen functional groups attached to an aromatic ring is 1. The highest BCUT2D eigenvalue weighted by atomic mass is 19.4. The summed E-state index contributed by atoms with van der Waals surface area (Å²) >= 11 is 0. The highest BCUT2D eigenvalue weighted by Gasteiger charge is 2.41. The first-order valence-corrected chi connectivity index (χ1v) is 4.36. The third kappa shape index (κ3) is 3.28. The van der Waals surface area contributed by atoms with Crippen LogP contribution in [-0.4, -0.2) is 12.1 Å². The van der Waals surface area contributed by atoms with Crippen LogP contribution < -0.4 is 11.1 Å². The van der Waals surface area contributed by atoms with E-state index in [-0.39, 0.29) is 5.69 Å². The summed E-state index contributed by atoms with van der Waals surface area (Å²) < 4.78 is 73.2. The third-order valence-corrected chi connectivity index (χ3v) is 1.85. The number of carbonyl (C=O) groups is 1. The fourth-order valence-electron chi connectivity index (χ4n) is 1.10. The number of hydrogen-bond acceptors (Lipinski definition) is 2. The Balaban J connectivity index is 3.14. The van der Waals surface area contributed by atoms with E-state index in [2.05, 4.69) is 0 Å². The first-order chi connectivity index (χ1) is 8.01. The monoisotopic (exact) mass is 272 g/mol. The van der Waals surface area contributed by atoms with E-state index in [1.54, 1.807) is 0 Å². The Morgan fingerprint density at radius 2 is 1.67 bits per heavy atom. The fourth-order valence-corrected chi connectivity index (χ4v) is 1.10. The largest absolute Gasteiger partial charge is 0.471 e. The standard InChI is InChI=1S/C9H6F6N2O/c10-8(11,12)5-3-4(16)1-2-6(5)17-7(18)9(13,14)15/h1-3H,16H2,(H,17,18). The lowest BCUT2D eigenvalue weighted by molar-refractivity contribution is -0.167. The van der Waals surface area contributed by atoms with Crippen molar-refractivity contribution in [1.29, 1.82) is 0 Å². The van der Waals surface area contributed by atoms with Crippen LogP contribution in [0.4, 0.5) is 37.7 Å². The number of hydrogen-bond donors (Lipinski definition) is 2. The van der Waals surface area contributed by atoms with Crippen molar-refractivity contribution < 1.29 is 31.1 Å². The normalized spacial score (nSPS) is 12.3. The highest BCUT2D eigenvalue weighted by Crippen LogP contribution is 2.36. The molecular formula is C9H6F6N2O. The Morgan fingerprint density at radius 3 is 2.11 bits per heavy atom. The summed E-state index contributed by atoms with van der Waals surface area (Å²) in [6.45, 7) is 0. The van der Waals surface area contributed by atoms with Crippen LogP contribution >= 0.6 is 0 Å². The second-order valence-corrected chi connectivity index (χ2v) is 3.25. The van der Waals surface area contributed by atoms with Gasteiger partial charge in [0.1, 0.15) is 0 Å². The number of alkyl halides is 6. The van der Waals surface area contributed by atoms with Gasteiger partial charge in [0.15, 0.2) is 0 Å². The van der Waals surface area contributed by atoms with Crippen LogP contribution in [-0.2, 0) is 11.0 Å². The molecule has 1 amide bonds. The zero-order chi connectivity index (χ0) is 14.1. The molecule has 0 bridgehead atoms. The van der Waals surface area contributed by atoms with Crippen molar-refractivity contribution in [3.63, 3.8) is 0 Å². The van der Waals surface area contributed by atoms with Crippen LogP contribution in [0, 0.1) is 0 Å². The van der Waals surface area contributed by atoms with E-state index < -0.39 is 29.5 Å². The van der Waals surface area contributed by atoms with Crippen molar-refractivity contribution >= 4 is 17.3 Å². The Hall–Kier alpha value is -1.93. The van der Waals surface area contributed by atoms with Crippen LogP contribution in [0.5, 0.6) is 0 Å². The maximum atomic E-state index is 12.5. The predicted molar refractivity (Wildman–Crippen MR) is 50.5 cm³/mol. The number of nitrogens with one attached hydrogen (secondary N) is 1. The summed E-state index contributed by atoms with van der Waals surface area (Å²) in [5.41, 5.74) is 2.38. The Kier molecular flexibility index (Phi) is 3.45. The molecule has 0 aliphatic rings. The molecule has 9 heteroatoms.